The Morgan fingerprint density at radius 2 is 2.14 bits per heavy atom. The summed E-state index contributed by atoms with van der Waals surface area (Å²) in [7, 11) is 0. The van der Waals surface area contributed by atoms with Crippen molar-refractivity contribution in [3.8, 4) is 5.75 Å². The van der Waals surface area contributed by atoms with Gasteiger partial charge in [-0.2, -0.15) is 0 Å². The first kappa shape index (κ1) is 14.0. The van der Waals surface area contributed by atoms with Crippen molar-refractivity contribution in [1.29, 1.82) is 0 Å². The van der Waals surface area contributed by atoms with Crippen LogP contribution in [-0.2, 0) is 16.0 Å². The van der Waals surface area contributed by atoms with Crippen LogP contribution in [0, 0.1) is 0 Å². The van der Waals surface area contributed by atoms with Crippen molar-refractivity contribution in [1.82, 2.24) is 15.3 Å². The highest BCUT2D eigenvalue weighted by molar-refractivity contribution is 5.92. The van der Waals surface area contributed by atoms with Gasteiger partial charge in [0.2, 0.25) is 11.8 Å². The summed E-state index contributed by atoms with van der Waals surface area (Å²) < 4.78 is 5.56. The predicted molar refractivity (Wildman–Crippen MR) is 78.0 cm³/mol. The molecule has 0 spiro atoms. The number of nitrogens with one attached hydrogen (secondary N) is 2. The maximum absolute atomic E-state index is 12.0. The minimum Gasteiger partial charge on any atom is -0.470 e. The molecule has 0 bridgehead atoms. The second-order valence-corrected chi connectivity index (χ2v) is 4.88. The Morgan fingerprint density at radius 3 is 2.86 bits per heavy atom. The van der Waals surface area contributed by atoms with Gasteiger partial charge in [0.25, 0.3) is 0 Å². The van der Waals surface area contributed by atoms with Crippen LogP contribution in [-0.4, -0.2) is 28.0 Å². The number of benzene rings is 1. The molecule has 2 aromatic rings. The zero-order chi connectivity index (χ0) is 15.4. The van der Waals surface area contributed by atoms with Crippen molar-refractivity contribution in [3.63, 3.8) is 0 Å². The average molecular weight is 298 g/mol. The fourth-order valence-electron chi connectivity index (χ4n) is 2.02. The molecule has 1 aromatic carbocycles. The fraction of sp³-hybridized carbons (Fsp3) is 0.200. The lowest BCUT2D eigenvalue weighted by Crippen LogP contribution is -2.51. The van der Waals surface area contributed by atoms with E-state index in [2.05, 4.69) is 20.6 Å². The van der Waals surface area contributed by atoms with Crippen molar-refractivity contribution in [3.05, 3.63) is 48.5 Å². The molecule has 1 aromatic heterocycles. The number of nitrogens with zero attached hydrogens (tertiary/aromatic N) is 2. The second-order valence-electron chi connectivity index (χ2n) is 4.88. The van der Waals surface area contributed by atoms with Gasteiger partial charge >= 0.3 is 0 Å². The number of amides is 2. The molecule has 0 saturated carbocycles. The number of hydrogen-bond acceptors (Lipinski definition) is 5. The van der Waals surface area contributed by atoms with Gasteiger partial charge in [-0.25, -0.2) is 9.97 Å². The average Bonchev–Trinajstić information content (AvgIpc) is 2.47. The number of β-lactam (4-membered cyclic amide) rings is 1. The highest BCUT2D eigenvalue weighted by atomic mass is 16.5. The summed E-state index contributed by atoms with van der Waals surface area (Å²) in [5.74, 6) is 0.397. The molecule has 0 aliphatic carbocycles. The van der Waals surface area contributed by atoms with E-state index in [9.17, 15) is 9.59 Å². The Balaban J connectivity index is 1.57. The van der Waals surface area contributed by atoms with E-state index in [0.717, 1.165) is 5.56 Å². The molecule has 3 rings (SSSR count). The molecule has 7 heteroatoms. The first-order valence-electron chi connectivity index (χ1n) is 6.79. The van der Waals surface area contributed by atoms with E-state index in [1.54, 1.807) is 36.7 Å². The molecule has 112 valence electrons. The predicted octanol–water partition coefficient (Wildman–Crippen LogP) is 0.883. The molecule has 1 aliphatic heterocycles. The third kappa shape index (κ3) is 3.57. The van der Waals surface area contributed by atoms with Gasteiger partial charge in [-0.05, 0) is 17.7 Å². The molecule has 1 saturated heterocycles. The van der Waals surface area contributed by atoms with Crippen molar-refractivity contribution >= 4 is 17.5 Å². The number of ether oxygens (including phenoxy) is 1. The number of carbonyl (C=O) groups excluding carboxylic acids is 2. The minimum absolute atomic E-state index is 0.0282. The number of carbonyl (C=O) groups is 2. The Bertz CT molecular complexity index is 682. The zero-order valence-electron chi connectivity index (χ0n) is 11.7. The lowest BCUT2D eigenvalue weighted by atomic mass is 10.2. The highest BCUT2D eigenvalue weighted by Crippen LogP contribution is 2.20. The number of hydrogen-bond donors (Lipinski definition) is 2. The first-order valence-corrected chi connectivity index (χ1v) is 6.79. The number of anilines is 1. The van der Waals surface area contributed by atoms with Crippen molar-refractivity contribution in [2.24, 2.45) is 0 Å². The summed E-state index contributed by atoms with van der Waals surface area (Å²) in [6.07, 6.45) is 4.88. The van der Waals surface area contributed by atoms with Crippen LogP contribution in [0.15, 0.2) is 43.0 Å². The van der Waals surface area contributed by atoms with Gasteiger partial charge in [0.15, 0.2) is 6.23 Å². The molecule has 7 nitrogen and oxygen atoms in total. The summed E-state index contributed by atoms with van der Waals surface area (Å²) in [6.45, 7) is 0. The minimum atomic E-state index is -0.292. The van der Waals surface area contributed by atoms with E-state index in [0.29, 0.717) is 17.9 Å². The molecule has 1 aliphatic rings. The molecule has 1 atom stereocenters. The molecular weight excluding hydrogens is 284 g/mol. The second kappa shape index (κ2) is 6.21. The van der Waals surface area contributed by atoms with Gasteiger partial charge in [-0.15, -0.1) is 0 Å². The van der Waals surface area contributed by atoms with Crippen LogP contribution in [0.4, 0.5) is 5.69 Å². The monoisotopic (exact) mass is 298 g/mol. The summed E-state index contributed by atoms with van der Waals surface area (Å²) in [5.41, 5.74) is 1.37. The van der Waals surface area contributed by atoms with Crippen molar-refractivity contribution < 1.29 is 14.3 Å². The van der Waals surface area contributed by atoms with E-state index in [1.165, 1.54) is 6.33 Å². The van der Waals surface area contributed by atoms with Gasteiger partial charge in [0.1, 0.15) is 12.1 Å². The topological polar surface area (TPSA) is 93.2 Å². The largest absolute Gasteiger partial charge is 0.470 e. The Morgan fingerprint density at radius 1 is 1.36 bits per heavy atom. The summed E-state index contributed by atoms with van der Waals surface area (Å²) >= 11 is 0. The van der Waals surface area contributed by atoms with E-state index in [-0.39, 0.29) is 24.5 Å². The lowest BCUT2D eigenvalue weighted by Gasteiger charge is -2.27. The molecular formula is C15H14N4O3. The molecule has 1 unspecified atom stereocenters. The molecule has 1 fully saturated rings. The normalized spacial score (nSPS) is 16.4. The van der Waals surface area contributed by atoms with Crippen LogP contribution in [0.25, 0.3) is 0 Å². The maximum Gasteiger partial charge on any atom is 0.228 e. The Kier molecular flexibility index (Phi) is 3.95. The number of rotatable bonds is 5. The molecule has 2 amide bonds. The van der Waals surface area contributed by atoms with Crippen LogP contribution in [0.2, 0.25) is 0 Å². The quantitative estimate of drug-likeness (QED) is 0.799. The third-order valence-corrected chi connectivity index (χ3v) is 3.07. The van der Waals surface area contributed by atoms with Gasteiger partial charge in [-0.3, -0.25) is 9.59 Å². The van der Waals surface area contributed by atoms with Crippen LogP contribution >= 0.6 is 0 Å². The first-order chi connectivity index (χ1) is 10.7. The smallest absolute Gasteiger partial charge is 0.228 e. The van der Waals surface area contributed by atoms with E-state index < -0.39 is 0 Å². The standard InChI is InChI=1S/C15H14N4O3/c20-13(4-10-7-16-9-17-8-10)18-11-2-1-3-12(5-11)22-15-6-14(21)19-15/h1-3,5,7-9,15H,4,6H2,(H,18,20)(H,19,21). The van der Waals surface area contributed by atoms with Crippen molar-refractivity contribution in [2.75, 3.05) is 5.32 Å². The van der Waals surface area contributed by atoms with Crippen LogP contribution < -0.4 is 15.4 Å². The number of aromatic nitrogens is 2. The van der Waals surface area contributed by atoms with Gasteiger partial charge in [0, 0.05) is 24.1 Å². The van der Waals surface area contributed by atoms with Crippen molar-refractivity contribution in [2.45, 2.75) is 19.1 Å². The molecule has 2 heterocycles. The summed E-state index contributed by atoms with van der Waals surface area (Å²) in [4.78, 5) is 30.5. The SMILES string of the molecule is O=C(Cc1cncnc1)Nc1cccc(OC2CC(=O)N2)c1. The Hall–Kier alpha value is -2.96. The highest BCUT2D eigenvalue weighted by Gasteiger charge is 2.26. The van der Waals surface area contributed by atoms with Gasteiger partial charge in [-0.1, -0.05) is 6.07 Å². The van der Waals surface area contributed by atoms with E-state index in [4.69, 9.17) is 4.74 Å². The van der Waals surface area contributed by atoms with E-state index in [1.807, 2.05) is 0 Å². The van der Waals surface area contributed by atoms with Crippen LogP contribution in [0.3, 0.4) is 0 Å². The molecule has 0 radical (unpaired) electrons. The molecule has 2 N–H and O–H groups in total. The summed E-state index contributed by atoms with van der Waals surface area (Å²) in [5, 5.41) is 5.41. The van der Waals surface area contributed by atoms with Crippen LogP contribution in [0.5, 0.6) is 5.75 Å². The zero-order valence-corrected chi connectivity index (χ0v) is 11.7. The maximum atomic E-state index is 12.0. The van der Waals surface area contributed by atoms with Gasteiger partial charge in [0.05, 0.1) is 12.8 Å². The third-order valence-electron chi connectivity index (χ3n) is 3.07. The van der Waals surface area contributed by atoms with E-state index >= 15 is 0 Å². The van der Waals surface area contributed by atoms with Gasteiger partial charge < -0.3 is 15.4 Å². The lowest BCUT2D eigenvalue weighted by molar-refractivity contribution is -0.134. The molecule has 22 heavy (non-hydrogen) atoms. The summed E-state index contributed by atoms with van der Waals surface area (Å²) in [6, 6.07) is 7.03. The van der Waals surface area contributed by atoms with Crippen LogP contribution in [0.1, 0.15) is 12.0 Å². The fourth-order valence-corrected chi connectivity index (χ4v) is 2.02. The Labute approximate surface area is 126 Å².